The average molecular weight is 399 g/mol. The minimum Gasteiger partial charge on any atom is -0.323 e. The Morgan fingerprint density at radius 2 is 1.84 bits per heavy atom. The maximum absolute atomic E-state index is 12.6. The summed E-state index contributed by atoms with van der Waals surface area (Å²) in [5.74, 6) is -1.44. The zero-order valence-corrected chi connectivity index (χ0v) is 15.2. The van der Waals surface area contributed by atoms with Gasteiger partial charge in [0.1, 0.15) is 10.9 Å². The van der Waals surface area contributed by atoms with E-state index in [-0.39, 0.29) is 21.2 Å². The Hall–Kier alpha value is -2.09. The quantitative estimate of drug-likeness (QED) is 0.860. The van der Waals surface area contributed by atoms with Gasteiger partial charge in [0.25, 0.3) is 15.9 Å². The minimum absolute atomic E-state index is 0.0444. The molecule has 1 heterocycles. The van der Waals surface area contributed by atoms with Crippen molar-refractivity contribution in [3.05, 3.63) is 58.1 Å². The molecule has 0 bridgehead atoms. The number of nitrogens with zero attached hydrogens (tertiary/aromatic N) is 1. The van der Waals surface area contributed by atoms with Gasteiger partial charge in [-0.1, -0.05) is 35.3 Å². The van der Waals surface area contributed by atoms with Crippen molar-refractivity contribution in [3.8, 4) is 0 Å². The third kappa shape index (κ3) is 2.99. The Balaban J connectivity index is 1.91. The van der Waals surface area contributed by atoms with Crippen LogP contribution < -0.4 is 5.32 Å². The Kier molecular flexibility index (Phi) is 4.49. The number of rotatable bonds is 3. The highest BCUT2D eigenvalue weighted by molar-refractivity contribution is 7.90. The van der Waals surface area contributed by atoms with Crippen LogP contribution in [-0.2, 0) is 14.8 Å². The van der Waals surface area contributed by atoms with Gasteiger partial charge in [-0.25, -0.2) is 12.7 Å². The van der Waals surface area contributed by atoms with Crippen LogP contribution in [0.3, 0.4) is 0 Å². The molecular weight excluding hydrogens is 387 g/mol. The summed E-state index contributed by atoms with van der Waals surface area (Å²) in [6.45, 7) is 1.33. The summed E-state index contributed by atoms with van der Waals surface area (Å²) in [7, 11) is -4.09. The van der Waals surface area contributed by atoms with Gasteiger partial charge in [0.2, 0.25) is 5.91 Å². The first-order valence-corrected chi connectivity index (χ1v) is 9.37. The van der Waals surface area contributed by atoms with E-state index >= 15 is 0 Å². The van der Waals surface area contributed by atoms with Crippen molar-refractivity contribution in [3.63, 3.8) is 0 Å². The van der Waals surface area contributed by atoms with E-state index in [0.717, 1.165) is 0 Å². The molecule has 0 unspecified atom stereocenters. The number of hydrogen-bond donors (Lipinski definition) is 1. The molecule has 0 spiro atoms. The summed E-state index contributed by atoms with van der Waals surface area (Å²) < 4.78 is 25.8. The number of sulfonamides is 1. The molecule has 0 saturated heterocycles. The molecule has 1 aliphatic rings. The number of fused-ring (bicyclic) bond motifs is 1. The van der Waals surface area contributed by atoms with Crippen LogP contribution in [0.2, 0.25) is 10.0 Å². The molecule has 1 N–H and O–H groups in total. The summed E-state index contributed by atoms with van der Waals surface area (Å²) >= 11 is 11.9. The summed E-state index contributed by atoms with van der Waals surface area (Å²) in [6, 6.07) is 9.04. The molecule has 0 fully saturated rings. The lowest BCUT2D eigenvalue weighted by molar-refractivity contribution is -0.118. The molecule has 130 valence electrons. The monoisotopic (exact) mass is 398 g/mol. The number of benzene rings is 2. The molecule has 2 aromatic rings. The van der Waals surface area contributed by atoms with E-state index in [0.29, 0.717) is 9.33 Å². The van der Waals surface area contributed by atoms with Crippen LogP contribution in [0.1, 0.15) is 17.3 Å². The van der Waals surface area contributed by atoms with Crippen molar-refractivity contribution in [1.29, 1.82) is 0 Å². The number of nitrogens with one attached hydrogen (secondary N) is 1. The number of halogens is 2. The Bertz CT molecular complexity index is 991. The fraction of sp³-hybridized carbons (Fsp3) is 0.125. The van der Waals surface area contributed by atoms with E-state index in [1.165, 1.54) is 37.3 Å². The molecule has 0 aromatic heterocycles. The fourth-order valence-electron chi connectivity index (χ4n) is 2.52. The van der Waals surface area contributed by atoms with Gasteiger partial charge in [0.15, 0.2) is 0 Å². The second kappa shape index (κ2) is 6.33. The summed E-state index contributed by atoms with van der Waals surface area (Å²) in [6.07, 6.45) is 0. The van der Waals surface area contributed by atoms with E-state index in [1.807, 2.05) is 0 Å². The molecule has 6 nitrogen and oxygen atoms in total. The van der Waals surface area contributed by atoms with Crippen molar-refractivity contribution in [2.75, 3.05) is 5.32 Å². The molecule has 0 aliphatic carbocycles. The van der Waals surface area contributed by atoms with E-state index in [2.05, 4.69) is 5.32 Å². The molecule has 25 heavy (non-hydrogen) atoms. The summed E-state index contributed by atoms with van der Waals surface area (Å²) in [5, 5.41) is 3.09. The van der Waals surface area contributed by atoms with Gasteiger partial charge in [0.05, 0.1) is 16.3 Å². The molecular formula is C16H12Cl2N2O4S. The molecule has 3 rings (SSSR count). The molecule has 1 aliphatic heterocycles. The van der Waals surface area contributed by atoms with Gasteiger partial charge < -0.3 is 5.32 Å². The van der Waals surface area contributed by atoms with Crippen molar-refractivity contribution < 1.29 is 18.0 Å². The largest absolute Gasteiger partial charge is 0.323 e. The third-order valence-electron chi connectivity index (χ3n) is 3.77. The van der Waals surface area contributed by atoms with Crippen molar-refractivity contribution >= 4 is 50.7 Å². The molecule has 0 saturated carbocycles. The third-order valence-corrected chi connectivity index (χ3v) is 6.25. The predicted octanol–water partition coefficient (Wildman–Crippen LogP) is 3.17. The highest BCUT2D eigenvalue weighted by Crippen LogP contribution is 2.32. The topological polar surface area (TPSA) is 83.6 Å². The van der Waals surface area contributed by atoms with Crippen LogP contribution in [0.4, 0.5) is 5.69 Å². The lowest BCUT2D eigenvalue weighted by Gasteiger charge is -2.22. The van der Waals surface area contributed by atoms with Crippen LogP contribution in [0.5, 0.6) is 0 Å². The van der Waals surface area contributed by atoms with E-state index in [4.69, 9.17) is 23.2 Å². The number of anilines is 1. The smallest absolute Gasteiger partial charge is 0.269 e. The maximum Gasteiger partial charge on any atom is 0.269 e. The standard InChI is InChI=1S/C16H12Cl2N2O4S/c1-9(15(21)19-13-8-10(17)6-7-12(13)18)20-16(22)11-4-2-3-5-14(11)25(20,23)24/h2-9H,1H3,(H,19,21)/t9-/m0/s1. The minimum atomic E-state index is -4.09. The van der Waals surface area contributed by atoms with Gasteiger partial charge >= 0.3 is 0 Å². The van der Waals surface area contributed by atoms with E-state index in [1.54, 1.807) is 12.1 Å². The summed E-state index contributed by atoms with van der Waals surface area (Å²) in [4.78, 5) is 24.8. The Labute approximate surface area is 154 Å². The first kappa shape index (κ1) is 17.7. The second-order valence-electron chi connectivity index (χ2n) is 5.39. The lowest BCUT2D eigenvalue weighted by atomic mass is 10.2. The fourth-order valence-corrected chi connectivity index (χ4v) is 4.58. The van der Waals surface area contributed by atoms with Crippen molar-refractivity contribution in [2.24, 2.45) is 0 Å². The normalized spacial score (nSPS) is 16.4. The Morgan fingerprint density at radius 3 is 2.52 bits per heavy atom. The lowest BCUT2D eigenvalue weighted by Crippen LogP contribution is -2.45. The van der Waals surface area contributed by atoms with Crippen LogP contribution >= 0.6 is 23.2 Å². The molecule has 1 atom stereocenters. The molecule has 9 heteroatoms. The molecule has 2 aromatic carbocycles. The van der Waals surface area contributed by atoms with Gasteiger partial charge in [-0.05, 0) is 37.3 Å². The Morgan fingerprint density at radius 1 is 1.16 bits per heavy atom. The number of hydrogen-bond acceptors (Lipinski definition) is 4. The summed E-state index contributed by atoms with van der Waals surface area (Å²) in [5.41, 5.74) is 0.274. The van der Waals surface area contributed by atoms with E-state index < -0.39 is 27.9 Å². The number of carbonyl (C=O) groups excluding carboxylic acids is 2. The van der Waals surface area contributed by atoms with Gasteiger partial charge in [0, 0.05) is 5.02 Å². The second-order valence-corrected chi connectivity index (χ2v) is 8.02. The van der Waals surface area contributed by atoms with E-state index in [9.17, 15) is 18.0 Å². The number of carbonyl (C=O) groups is 2. The molecule has 2 amide bonds. The van der Waals surface area contributed by atoms with Gasteiger partial charge in [-0.3, -0.25) is 9.59 Å². The molecule has 0 radical (unpaired) electrons. The highest BCUT2D eigenvalue weighted by atomic mass is 35.5. The number of amides is 2. The first-order chi connectivity index (χ1) is 11.7. The van der Waals surface area contributed by atoms with Crippen LogP contribution in [-0.4, -0.2) is 30.6 Å². The van der Waals surface area contributed by atoms with Crippen molar-refractivity contribution in [1.82, 2.24) is 4.31 Å². The van der Waals surface area contributed by atoms with Gasteiger partial charge in [-0.15, -0.1) is 0 Å². The zero-order chi connectivity index (χ0) is 18.4. The zero-order valence-electron chi connectivity index (χ0n) is 12.9. The highest BCUT2D eigenvalue weighted by Gasteiger charge is 2.45. The van der Waals surface area contributed by atoms with Crippen LogP contribution in [0.15, 0.2) is 47.4 Å². The first-order valence-electron chi connectivity index (χ1n) is 7.17. The predicted molar refractivity (Wildman–Crippen MR) is 94.4 cm³/mol. The van der Waals surface area contributed by atoms with Crippen LogP contribution in [0.25, 0.3) is 0 Å². The van der Waals surface area contributed by atoms with Gasteiger partial charge in [-0.2, -0.15) is 0 Å². The maximum atomic E-state index is 12.6. The SMILES string of the molecule is C[C@@H](C(=O)Nc1cc(Cl)ccc1Cl)N1C(=O)c2ccccc2S1(=O)=O. The average Bonchev–Trinajstić information content (AvgIpc) is 2.77. The van der Waals surface area contributed by atoms with Crippen LogP contribution in [0, 0.1) is 0 Å². The van der Waals surface area contributed by atoms with Crippen molar-refractivity contribution in [2.45, 2.75) is 17.9 Å².